The van der Waals surface area contributed by atoms with E-state index in [-0.39, 0.29) is 5.54 Å². The molecule has 2 rings (SSSR count). The Morgan fingerprint density at radius 1 is 1.05 bits per heavy atom. The molecule has 2 fully saturated rings. The summed E-state index contributed by atoms with van der Waals surface area (Å²) in [6.45, 7) is 11.6. The molecule has 4 nitrogen and oxygen atoms in total. The molecule has 0 aromatic carbocycles. The molecular weight excluding hydrogens is 252 g/mol. The van der Waals surface area contributed by atoms with E-state index in [0.717, 1.165) is 58.4 Å². The van der Waals surface area contributed by atoms with Crippen LogP contribution in [0.5, 0.6) is 0 Å². The Morgan fingerprint density at radius 3 is 2.05 bits per heavy atom. The highest BCUT2D eigenvalue weighted by Gasteiger charge is 2.41. The van der Waals surface area contributed by atoms with Gasteiger partial charge in [-0.3, -0.25) is 14.6 Å². The lowest BCUT2D eigenvalue weighted by molar-refractivity contribution is -0.153. The fraction of sp³-hybridized carbons (Fsp3) is 0.938. The number of hydrogen-bond donors (Lipinski definition) is 1. The van der Waals surface area contributed by atoms with Crippen molar-refractivity contribution >= 4 is 5.97 Å². The molecule has 116 valence electrons. The molecule has 1 N–H and O–H groups in total. The van der Waals surface area contributed by atoms with Gasteiger partial charge in [-0.25, -0.2) is 0 Å². The summed E-state index contributed by atoms with van der Waals surface area (Å²) < 4.78 is 0. The van der Waals surface area contributed by atoms with Gasteiger partial charge < -0.3 is 5.11 Å². The van der Waals surface area contributed by atoms with Crippen LogP contribution in [-0.4, -0.2) is 59.1 Å². The zero-order valence-electron chi connectivity index (χ0n) is 13.3. The first kappa shape index (κ1) is 15.8. The molecular formula is C16H30N2O2. The number of hydrogen-bond acceptors (Lipinski definition) is 3. The SMILES string of the molecule is CC(C)(C)N1CCN(CC2(C(=O)O)CCCCC2)CC1. The Balaban J connectivity index is 1.92. The number of aliphatic carboxylic acids is 1. The van der Waals surface area contributed by atoms with E-state index in [1.165, 1.54) is 6.42 Å². The van der Waals surface area contributed by atoms with Gasteiger partial charge in [-0.15, -0.1) is 0 Å². The number of nitrogens with zero attached hydrogens (tertiary/aromatic N) is 2. The van der Waals surface area contributed by atoms with Gasteiger partial charge >= 0.3 is 5.97 Å². The maximum atomic E-state index is 11.7. The smallest absolute Gasteiger partial charge is 0.310 e. The Hall–Kier alpha value is -0.610. The number of rotatable bonds is 3. The van der Waals surface area contributed by atoms with E-state index in [4.69, 9.17) is 0 Å². The molecule has 2 aliphatic rings. The van der Waals surface area contributed by atoms with Gasteiger partial charge in [0.2, 0.25) is 0 Å². The van der Waals surface area contributed by atoms with Crippen LogP contribution in [0.2, 0.25) is 0 Å². The summed E-state index contributed by atoms with van der Waals surface area (Å²) in [5.41, 5.74) is -0.246. The van der Waals surface area contributed by atoms with E-state index in [1.54, 1.807) is 0 Å². The molecule has 1 aliphatic heterocycles. The van der Waals surface area contributed by atoms with Gasteiger partial charge in [0.05, 0.1) is 5.41 Å². The molecule has 1 saturated heterocycles. The summed E-state index contributed by atoms with van der Waals surface area (Å²) in [4.78, 5) is 16.6. The molecule has 0 aromatic heterocycles. The van der Waals surface area contributed by atoms with Crippen molar-refractivity contribution < 1.29 is 9.90 Å². The van der Waals surface area contributed by atoms with Crippen LogP contribution in [0.4, 0.5) is 0 Å². The van der Waals surface area contributed by atoms with E-state index in [2.05, 4.69) is 30.6 Å². The van der Waals surface area contributed by atoms with Gasteiger partial charge in [-0.05, 0) is 33.6 Å². The lowest BCUT2D eigenvalue weighted by Crippen LogP contribution is -2.56. The average Bonchev–Trinajstić information content (AvgIpc) is 2.39. The lowest BCUT2D eigenvalue weighted by atomic mass is 9.73. The third-order valence-corrected chi connectivity index (χ3v) is 5.11. The normalized spacial score (nSPS) is 25.6. The van der Waals surface area contributed by atoms with Crippen molar-refractivity contribution in [3.05, 3.63) is 0 Å². The maximum absolute atomic E-state index is 11.7. The molecule has 0 aromatic rings. The van der Waals surface area contributed by atoms with Crippen molar-refractivity contribution in [2.24, 2.45) is 5.41 Å². The van der Waals surface area contributed by atoms with Crippen LogP contribution in [0, 0.1) is 5.41 Å². The minimum Gasteiger partial charge on any atom is -0.481 e. The molecule has 1 saturated carbocycles. The predicted molar refractivity (Wildman–Crippen MR) is 80.9 cm³/mol. The summed E-state index contributed by atoms with van der Waals surface area (Å²) in [6.07, 6.45) is 5.08. The van der Waals surface area contributed by atoms with Crippen LogP contribution in [-0.2, 0) is 4.79 Å². The first-order chi connectivity index (χ1) is 9.33. The lowest BCUT2D eigenvalue weighted by Gasteiger charge is -2.45. The summed E-state index contributed by atoms with van der Waals surface area (Å²) in [5, 5.41) is 9.66. The van der Waals surface area contributed by atoms with Gasteiger partial charge in [-0.2, -0.15) is 0 Å². The van der Waals surface area contributed by atoms with E-state index in [9.17, 15) is 9.90 Å². The van der Waals surface area contributed by atoms with Crippen molar-refractivity contribution in [1.29, 1.82) is 0 Å². The van der Waals surface area contributed by atoms with Gasteiger partial charge in [0.25, 0.3) is 0 Å². The third kappa shape index (κ3) is 3.53. The zero-order valence-corrected chi connectivity index (χ0v) is 13.3. The third-order valence-electron chi connectivity index (χ3n) is 5.11. The monoisotopic (exact) mass is 282 g/mol. The first-order valence-corrected chi connectivity index (χ1v) is 8.04. The van der Waals surface area contributed by atoms with Crippen molar-refractivity contribution in [2.45, 2.75) is 58.4 Å². The molecule has 4 heteroatoms. The van der Waals surface area contributed by atoms with E-state index < -0.39 is 11.4 Å². The molecule has 20 heavy (non-hydrogen) atoms. The van der Waals surface area contributed by atoms with Crippen LogP contribution in [0.25, 0.3) is 0 Å². The summed E-state index contributed by atoms with van der Waals surface area (Å²) in [7, 11) is 0. The predicted octanol–water partition coefficient (Wildman–Crippen LogP) is 2.44. The highest BCUT2D eigenvalue weighted by Crippen LogP contribution is 2.37. The minimum atomic E-state index is -0.574. The van der Waals surface area contributed by atoms with Crippen molar-refractivity contribution in [3.63, 3.8) is 0 Å². The summed E-state index contributed by atoms with van der Waals surface area (Å²) in [5.74, 6) is -0.574. The Labute approximate surface area is 123 Å². The van der Waals surface area contributed by atoms with Crippen LogP contribution in [0.3, 0.4) is 0 Å². The Morgan fingerprint density at radius 2 is 1.60 bits per heavy atom. The van der Waals surface area contributed by atoms with Crippen molar-refractivity contribution in [3.8, 4) is 0 Å². The molecule has 0 radical (unpaired) electrons. The molecule has 0 atom stereocenters. The molecule has 0 spiro atoms. The van der Waals surface area contributed by atoms with Gasteiger partial charge in [0, 0.05) is 38.3 Å². The number of carboxylic acids is 1. The highest BCUT2D eigenvalue weighted by molar-refractivity contribution is 5.75. The van der Waals surface area contributed by atoms with E-state index >= 15 is 0 Å². The molecule has 1 heterocycles. The maximum Gasteiger partial charge on any atom is 0.310 e. The Kier molecular flexibility index (Phi) is 4.75. The quantitative estimate of drug-likeness (QED) is 0.863. The fourth-order valence-corrected chi connectivity index (χ4v) is 3.67. The molecule has 1 aliphatic carbocycles. The average molecular weight is 282 g/mol. The van der Waals surface area contributed by atoms with E-state index in [0.29, 0.717) is 0 Å². The van der Waals surface area contributed by atoms with Gasteiger partial charge in [0.15, 0.2) is 0 Å². The van der Waals surface area contributed by atoms with Crippen LogP contribution < -0.4 is 0 Å². The largest absolute Gasteiger partial charge is 0.481 e. The van der Waals surface area contributed by atoms with Crippen LogP contribution in [0.15, 0.2) is 0 Å². The highest BCUT2D eigenvalue weighted by atomic mass is 16.4. The second-order valence-corrected chi connectivity index (χ2v) is 7.58. The second-order valence-electron chi connectivity index (χ2n) is 7.58. The number of carboxylic acid groups (broad SMARTS) is 1. The fourth-order valence-electron chi connectivity index (χ4n) is 3.67. The van der Waals surface area contributed by atoms with Crippen molar-refractivity contribution in [1.82, 2.24) is 9.80 Å². The molecule has 0 unspecified atom stereocenters. The zero-order chi connectivity index (χ0) is 14.8. The second kappa shape index (κ2) is 6.02. The first-order valence-electron chi connectivity index (χ1n) is 8.04. The van der Waals surface area contributed by atoms with Gasteiger partial charge in [-0.1, -0.05) is 19.3 Å². The summed E-state index contributed by atoms with van der Waals surface area (Å²) in [6, 6.07) is 0. The van der Waals surface area contributed by atoms with Crippen LogP contribution >= 0.6 is 0 Å². The van der Waals surface area contributed by atoms with Crippen LogP contribution in [0.1, 0.15) is 52.9 Å². The number of carbonyl (C=O) groups is 1. The minimum absolute atomic E-state index is 0.224. The summed E-state index contributed by atoms with van der Waals surface area (Å²) >= 11 is 0. The topological polar surface area (TPSA) is 43.8 Å². The van der Waals surface area contributed by atoms with E-state index in [1.807, 2.05) is 0 Å². The molecule has 0 bridgehead atoms. The Bertz CT molecular complexity index is 335. The van der Waals surface area contributed by atoms with Crippen molar-refractivity contribution in [2.75, 3.05) is 32.7 Å². The van der Waals surface area contributed by atoms with Gasteiger partial charge in [0.1, 0.15) is 0 Å². The molecule has 0 amide bonds. The standard InChI is InChI=1S/C16H30N2O2/c1-15(2,3)18-11-9-17(10-12-18)13-16(14(19)20)7-5-4-6-8-16/h4-13H2,1-3H3,(H,19,20). The number of piperazine rings is 1.